The summed E-state index contributed by atoms with van der Waals surface area (Å²) in [7, 11) is 0. The maximum Gasteiger partial charge on any atom is 0.346 e. The number of hydrogen-bond acceptors (Lipinski definition) is 3. The van der Waals surface area contributed by atoms with Crippen LogP contribution in [0.3, 0.4) is 0 Å². The minimum Gasteiger partial charge on any atom is -0.477 e. The predicted octanol–water partition coefficient (Wildman–Crippen LogP) is 4.06. The van der Waals surface area contributed by atoms with Crippen LogP contribution in [0.1, 0.15) is 26.4 Å². The van der Waals surface area contributed by atoms with Gasteiger partial charge in [0.25, 0.3) is 0 Å². The van der Waals surface area contributed by atoms with Crippen molar-refractivity contribution in [2.75, 3.05) is 0 Å². The molecule has 1 aromatic heterocycles. The van der Waals surface area contributed by atoms with Crippen LogP contribution in [0, 0.1) is 11.3 Å². The minimum atomic E-state index is -0.900. The van der Waals surface area contributed by atoms with Crippen molar-refractivity contribution >= 4 is 27.4 Å². The lowest BCUT2D eigenvalue weighted by Crippen LogP contribution is -1.99. The van der Waals surface area contributed by atoms with Crippen molar-refractivity contribution in [1.29, 1.82) is 5.26 Å². The summed E-state index contributed by atoms with van der Waals surface area (Å²) in [5.41, 5.74) is 2.35. The molecule has 0 radical (unpaired) electrons. The fraction of sp³-hybridized carbons (Fsp3) is 0.0588. The Bertz CT molecular complexity index is 874. The highest BCUT2D eigenvalue weighted by Gasteiger charge is 2.17. The third-order valence-corrected chi connectivity index (χ3v) is 4.53. The Labute approximate surface area is 125 Å². The van der Waals surface area contributed by atoms with Crippen LogP contribution in [0.4, 0.5) is 0 Å². The summed E-state index contributed by atoms with van der Waals surface area (Å²) < 4.78 is 0.973. The van der Waals surface area contributed by atoms with Crippen LogP contribution >= 0.6 is 11.3 Å². The van der Waals surface area contributed by atoms with E-state index in [9.17, 15) is 9.90 Å². The van der Waals surface area contributed by atoms with E-state index in [0.717, 1.165) is 21.2 Å². The topological polar surface area (TPSA) is 61.1 Å². The Morgan fingerprint density at radius 2 is 2.00 bits per heavy atom. The molecule has 4 heteroatoms. The van der Waals surface area contributed by atoms with E-state index in [4.69, 9.17) is 5.26 Å². The van der Waals surface area contributed by atoms with E-state index in [2.05, 4.69) is 6.07 Å². The SMILES string of the molecule is N#Cc1cccc(Cc2c(C(=O)O)sc3ccccc23)c1. The maximum atomic E-state index is 11.5. The molecule has 0 aliphatic heterocycles. The summed E-state index contributed by atoms with van der Waals surface area (Å²) in [5.74, 6) is -0.900. The monoisotopic (exact) mass is 293 g/mol. The number of benzene rings is 2. The summed E-state index contributed by atoms with van der Waals surface area (Å²) in [6, 6.07) is 17.1. The first kappa shape index (κ1) is 13.3. The van der Waals surface area contributed by atoms with E-state index >= 15 is 0 Å². The summed E-state index contributed by atoms with van der Waals surface area (Å²) in [5, 5.41) is 19.3. The molecule has 21 heavy (non-hydrogen) atoms. The highest BCUT2D eigenvalue weighted by molar-refractivity contribution is 7.21. The second-order valence-corrected chi connectivity index (χ2v) is 5.75. The number of nitriles is 1. The largest absolute Gasteiger partial charge is 0.477 e. The number of hydrogen-bond donors (Lipinski definition) is 1. The lowest BCUT2D eigenvalue weighted by molar-refractivity contribution is 0.0701. The average molecular weight is 293 g/mol. The van der Waals surface area contributed by atoms with Gasteiger partial charge < -0.3 is 5.11 Å². The second-order valence-electron chi connectivity index (χ2n) is 4.70. The van der Waals surface area contributed by atoms with Crippen molar-refractivity contribution < 1.29 is 9.90 Å². The predicted molar refractivity (Wildman–Crippen MR) is 82.7 cm³/mol. The van der Waals surface area contributed by atoms with Gasteiger partial charge in [0.1, 0.15) is 4.88 Å². The highest BCUT2D eigenvalue weighted by atomic mass is 32.1. The third-order valence-electron chi connectivity index (χ3n) is 3.33. The number of carbonyl (C=O) groups is 1. The van der Waals surface area contributed by atoms with Gasteiger partial charge in [-0.2, -0.15) is 5.26 Å². The zero-order valence-corrected chi connectivity index (χ0v) is 11.9. The molecule has 0 amide bonds. The number of aromatic carboxylic acids is 1. The number of nitrogens with zero attached hydrogens (tertiary/aromatic N) is 1. The normalized spacial score (nSPS) is 10.4. The average Bonchev–Trinajstić information content (AvgIpc) is 2.87. The summed E-state index contributed by atoms with van der Waals surface area (Å²) in [6.07, 6.45) is 0.515. The molecule has 0 spiro atoms. The van der Waals surface area contributed by atoms with Gasteiger partial charge in [-0.05, 0) is 41.1 Å². The molecule has 3 aromatic rings. The van der Waals surface area contributed by atoms with Crippen LogP contribution in [-0.4, -0.2) is 11.1 Å². The number of carboxylic acids is 1. The molecule has 1 heterocycles. The molecular weight excluding hydrogens is 282 g/mol. The van der Waals surface area contributed by atoms with Crippen LogP contribution in [-0.2, 0) is 6.42 Å². The van der Waals surface area contributed by atoms with Crippen LogP contribution in [0.25, 0.3) is 10.1 Å². The second kappa shape index (κ2) is 5.39. The number of carboxylic acid groups (broad SMARTS) is 1. The Morgan fingerprint density at radius 3 is 2.76 bits per heavy atom. The molecule has 0 aliphatic rings. The Morgan fingerprint density at radius 1 is 1.19 bits per heavy atom. The molecule has 0 saturated heterocycles. The number of fused-ring (bicyclic) bond motifs is 1. The summed E-state index contributed by atoms with van der Waals surface area (Å²) >= 11 is 1.30. The molecule has 3 rings (SSSR count). The lowest BCUT2D eigenvalue weighted by atomic mass is 10.0. The van der Waals surface area contributed by atoms with Crippen LogP contribution < -0.4 is 0 Å². The van der Waals surface area contributed by atoms with Crippen LogP contribution in [0.2, 0.25) is 0 Å². The number of thiophene rings is 1. The van der Waals surface area contributed by atoms with Gasteiger partial charge in [0.2, 0.25) is 0 Å². The van der Waals surface area contributed by atoms with Crippen molar-refractivity contribution in [1.82, 2.24) is 0 Å². The molecular formula is C17H11NO2S. The zero-order valence-electron chi connectivity index (χ0n) is 11.0. The van der Waals surface area contributed by atoms with Gasteiger partial charge in [-0.3, -0.25) is 0 Å². The van der Waals surface area contributed by atoms with Crippen LogP contribution in [0.15, 0.2) is 48.5 Å². The van der Waals surface area contributed by atoms with Crippen LogP contribution in [0.5, 0.6) is 0 Å². The third kappa shape index (κ3) is 2.51. The van der Waals surface area contributed by atoms with E-state index in [-0.39, 0.29) is 0 Å². The van der Waals surface area contributed by atoms with E-state index < -0.39 is 5.97 Å². The number of rotatable bonds is 3. The van der Waals surface area contributed by atoms with Gasteiger partial charge in [0.15, 0.2) is 0 Å². The quantitative estimate of drug-likeness (QED) is 0.792. The van der Waals surface area contributed by atoms with Gasteiger partial charge in [-0.25, -0.2) is 4.79 Å². The zero-order chi connectivity index (χ0) is 14.8. The van der Waals surface area contributed by atoms with E-state index in [1.807, 2.05) is 36.4 Å². The molecule has 102 valence electrons. The van der Waals surface area contributed by atoms with Crippen molar-refractivity contribution in [2.24, 2.45) is 0 Å². The fourth-order valence-corrected chi connectivity index (χ4v) is 3.46. The van der Waals surface area contributed by atoms with Gasteiger partial charge in [0.05, 0.1) is 11.6 Å². The maximum absolute atomic E-state index is 11.5. The van der Waals surface area contributed by atoms with Crippen molar-refractivity contribution in [3.8, 4) is 6.07 Å². The first-order valence-corrected chi connectivity index (χ1v) is 7.23. The van der Waals surface area contributed by atoms with E-state index in [1.54, 1.807) is 12.1 Å². The molecule has 3 nitrogen and oxygen atoms in total. The minimum absolute atomic E-state index is 0.374. The van der Waals surface area contributed by atoms with Gasteiger partial charge in [-0.1, -0.05) is 30.3 Å². The summed E-state index contributed by atoms with van der Waals surface area (Å²) in [6.45, 7) is 0. The molecule has 0 unspecified atom stereocenters. The van der Waals surface area contributed by atoms with Crippen molar-refractivity contribution in [3.05, 3.63) is 70.1 Å². The first-order valence-electron chi connectivity index (χ1n) is 6.42. The highest BCUT2D eigenvalue weighted by Crippen LogP contribution is 2.33. The van der Waals surface area contributed by atoms with E-state index in [1.165, 1.54) is 11.3 Å². The Hall–Kier alpha value is -2.64. The molecule has 1 N–H and O–H groups in total. The van der Waals surface area contributed by atoms with Gasteiger partial charge in [0, 0.05) is 4.70 Å². The Kier molecular flexibility index (Phi) is 3.43. The standard InChI is InChI=1S/C17H11NO2S/c18-10-12-5-3-4-11(8-12)9-14-13-6-1-2-7-15(13)21-16(14)17(19)20/h1-8H,9H2,(H,19,20). The van der Waals surface area contributed by atoms with E-state index in [0.29, 0.717) is 16.9 Å². The molecule has 2 aromatic carbocycles. The first-order chi connectivity index (χ1) is 10.2. The molecule has 0 atom stereocenters. The Balaban J connectivity index is 2.12. The molecule has 0 fully saturated rings. The lowest BCUT2D eigenvalue weighted by Gasteiger charge is -2.03. The summed E-state index contributed by atoms with van der Waals surface area (Å²) in [4.78, 5) is 11.8. The molecule has 0 bridgehead atoms. The fourth-order valence-electron chi connectivity index (χ4n) is 2.40. The van der Waals surface area contributed by atoms with Crippen molar-refractivity contribution in [2.45, 2.75) is 6.42 Å². The molecule has 0 saturated carbocycles. The van der Waals surface area contributed by atoms with Gasteiger partial charge in [-0.15, -0.1) is 11.3 Å². The van der Waals surface area contributed by atoms with Gasteiger partial charge >= 0.3 is 5.97 Å². The smallest absolute Gasteiger partial charge is 0.346 e. The van der Waals surface area contributed by atoms with Crippen molar-refractivity contribution in [3.63, 3.8) is 0 Å². The molecule has 0 aliphatic carbocycles.